The molecule has 4 amide bonds. The highest BCUT2D eigenvalue weighted by atomic mass is 16.2. The minimum atomic E-state index is -0.610. The zero-order valence-electron chi connectivity index (χ0n) is 26.3. The second kappa shape index (κ2) is 14.2. The second-order valence-corrected chi connectivity index (χ2v) is 11.8. The SMILES string of the molecule is CCCCC(=O)Nc1ncc(-c2ccc(-c3ccc(-c4cnc(C5CCCN5C(=O)C(NC(=O)NC)C(C)C)[nH]4)cc3)cc2)[nH]1. The van der Waals surface area contributed by atoms with Gasteiger partial charge in [-0.3, -0.25) is 14.9 Å². The van der Waals surface area contributed by atoms with Crippen LogP contribution in [-0.4, -0.2) is 62.3 Å². The van der Waals surface area contributed by atoms with Crippen molar-refractivity contribution < 1.29 is 14.4 Å². The molecule has 2 unspecified atom stereocenters. The maximum atomic E-state index is 13.5. The van der Waals surface area contributed by atoms with Crippen LogP contribution in [0, 0.1) is 5.92 Å². The summed E-state index contributed by atoms with van der Waals surface area (Å²) in [6.07, 6.45) is 7.54. The molecule has 1 saturated heterocycles. The van der Waals surface area contributed by atoms with E-state index in [1.165, 1.54) is 0 Å². The molecule has 1 fully saturated rings. The quantitative estimate of drug-likeness (QED) is 0.144. The van der Waals surface area contributed by atoms with Crippen LogP contribution in [0.15, 0.2) is 60.9 Å². The summed E-state index contributed by atoms with van der Waals surface area (Å²) in [5.41, 5.74) is 5.85. The van der Waals surface area contributed by atoms with E-state index in [4.69, 9.17) is 0 Å². The average molecular weight is 611 g/mol. The number of hydrogen-bond donors (Lipinski definition) is 5. The van der Waals surface area contributed by atoms with Gasteiger partial charge in [0.05, 0.1) is 29.8 Å². The fourth-order valence-electron chi connectivity index (χ4n) is 5.62. The first kappa shape index (κ1) is 31.5. The number of amides is 4. The van der Waals surface area contributed by atoms with Crippen molar-refractivity contribution in [3.05, 3.63) is 66.7 Å². The Labute approximate surface area is 263 Å². The minimum Gasteiger partial charge on any atom is -0.341 e. The Bertz CT molecular complexity index is 1610. The molecule has 11 heteroatoms. The molecule has 2 atom stereocenters. The van der Waals surface area contributed by atoms with Crippen molar-refractivity contribution in [2.24, 2.45) is 5.92 Å². The van der Waals surface area contributed by atoms with Crippen molar-refractivity contribution in [1.29, 1.82) is 0 Å². The van der Waals surface area contributed by atoms with Gasteiger partial charge in [-0.2, -0.15) is 0 Å². The van der Waals surface area contributed by atoms with E-state index in [1.54, 1.807) is 13.2 Å². The van der Waals surface area contributed by atoms with E-state index in [0.29, 0.717) is 18.9 Å². The number of likely N-dealkylation sites (tertiary alicyclic amines) is 1. The highest BCUT2D eigenvalue weighted by Gasteiger charge is 2.37. The van der Waals surface area contributed by atoms with E-state index in [2.05, 4.69) is 79.2 Å². The lowest BCUT2D eigenvalue weighted by Crippen LogP contribution is -2.53. The number of carbonyl (C=O) groups excluding carboxylic acids is 3. The number of benzene rings is 2. The lowest BCUT2D eigenvalue weighted by molar-refractivity contribution is -0.135. The van der Waals surface area contributed by atoms with E-state index >= 15 is 0 Å². The summed E-state index contributed by atoms with van der Waals surface area (Å²) >= 11 is 0. The third-order valence-electron chi connectivity index (χ3n) is 8.21. The molecule has 2 aromatic carbocycles. The van der Waals surface area contributed by atoms with Crippen LogP contribution in [-0.2, 0) is 9.59 Å². The van der Waals surface area contributed by atoms with Gasteiger partial charge >= 0.3 is 6.03 Å². The molecule has 2 aromatic heterocycles. The number of anilines is 1. The summed E-state index contributed by atoms with van der Waals surface area (Å²) in [6.45, 7) is 6.54. The number of nitrogens with one attached hydrogen (secondary N) is 5. The summed E-state index contributed by atoms with van der Waals surface area (Å²) in [7, 11) is 1.54. The number of H-pyrrole nitrogens is 2. The fourth-order valence-corrected chi connectivity index (χ4v) is 5.62. The van der Waals surface area contributed by atoms with Gasteiger partial charge in [0.15, 0.2) is 0 Å². The monoisotopic (exact) mass is 610 g/mol. The Morgan fingerprint density at radius 3 is 2.11 bits per heavy atom. The van der Waals surface area contributed by atoms with Crippen molar-refractivity contribution in [3.8, 4) is 33.6 Å². The van der Waals surface area contributed by atoms with E-state index in [1.807, 2.05) is 37.1 Å². The van der Waals surface area contributed by atoms with E-state index in [9.17, 15) is 14.4 Å². The second-order valence-electron chi connectivity index (χ2n) is 11.8. The molecule has 236 valence electrons. The van der Waals surface area contributed by atoms with Crippen LogP contribution < -0.4 is 16.0 Å². The van der Waals surface area contributed by atoms with Gasteiger partial charge in [0.2, 0.25) is 17.8 Å². The molecule has 5 rings (SSSR count). The zero-order valence-corrected chi connectivity index (χ0v) is 26.3. The molecule has 1 aliphatic rings. The van der Waals surface area contributed by atoms with Crippen LogP contribution in [0.5, 0.6) is 0 Å². The third kappa shape index (κ3) is 7.42. The predicted octanol–water partition coefficient (Wildman–Crippen LogP) is 5.88. The molecule has 5 N–H and O–H groups in total. The molecule has 3 heterocycles. The standard InChI is InChI=1S/C34H42N8O3/c1-5-6-9-29(43)40-33-37-20-27(39-33)25-16-12-23(13-17-25)22-10-14-24(15-11-22)26-19-36-31(38-26)28-8-7-18-42(28)32(44)30(21(2)3)41-34(45)35-4/h10-17,19-21,28,30H,5-9,18H2,1-4H3,(H,36,38)(H2,35,41,45)(H2,37,39,40,43). The van der Waals surface area contributed by atoms with Gasteiger partial charge in [-0.25, -0.2) is 14.8 Å². The Morgan fingerprint density at radius 1 is 0.911 bits per heavy atom. The maximum Gasteiger partial charge on any atom is 0.315 e. The number of imidazole rings is 2. The summed E-state index contributed by atoms with van der Waals surface area (Å²) in [5.74, 6) is 1.03. The zero-order chi connectivity index (χ0) is 31.9. The molecule has 0 aliphatic carbocycles. The van der Waals surface area contributed by atoms with Crippen molar-refractivity contribution in [2.75, 3.05) is 18.9 Å². The van der Waals surface area contributed by atoms with Gasteiger partial charge in [-0.1, -0.05) is 75.7 Å². The van der Waals surface area contributed by atoms with Crippen LogP contribution in [0.3, 0.4) is 0 Å². The number of aromatic nitrogens is 4. The number of nitrogens with zero attached hydrogens (tertiary/aromatic N) is 3. The number of rotatable bonds is 11. The highest BCUT2D eigenvalue weighted by Crippen LogP contribution is 2.33. The van der Waals surface area contributed by atoms with Crippen molar-refractivity contribution in [2.45, 2.75) is 65.0 Å². The van der Waals surface area contributed by atoms with Crippen molar-refractivity contribution >= 4 is 23.8 Å². The molecule has 45 heavy (non-hydrogen) atoms. The van der Waals surface area contributed by atoms with Crippen LogP contribution in [0.1, 0.15) is 64.7 Å². The molecule has 4 aromatic rings. The molecule has 0 radical (unpaired) electrons. The van der Waals surface area contributed by atoms with Crippen molar-refractivity contribution in [1.82, 2.24) is 35.5 Å². The summed E-state index contributed by atoms with van der Waals surface area (Å²) < 4.78 is 0. The Hall–Kier alpha value is -4.93. The van der Waals surface area contributed by atoms with Gasteiger partial charge in [0.1, 0.15) is 11.9 Å². The van der Waals surface area contributed by atoms with Crippen LogP contribution in [0.25, 0.3) is 33.6 Å². The van der Waals surface area contributed by atoms with Gasteiger partial charge < -0.3 is 25.5 Å². The molecule has 0 bridgehead atoms. The molecular weight excluding hydrogens is 568 g/mol. The number of carbonyl (C=O) groups is 3. The molecule has 0 saturated carbocycles. The van der Waals surface area contributed by atoms with E-state index in [-0.39, 0.29) is 29.8 Å². The fraction of sp³-hybridized carbons (Fsp3) is 0.382. The minimum absolute atomic E-state index is 0.0367. The van der Waals surface area contributed by atoms with Crippen LogP contribution >= 0.6 is 0 Å². The molecule has 11 nitrogen and oxygen atoms in total. The average Bonchev–Trinajstić information content (AvgIpc) is 3.83. The Morgan fingerprint density at radius 2 is 1.51 bits per heavy atom. The van der Waals surface area contributed by atoms with Gasteiger partial charge in [0.25, 0.3) is 0 Å². The lowest BCUT2D eigenvalue weighted by atomic mass is 10.0. The van der Waals surface area contributed by atoms with E-state index in [0.717, 1.165) is 65.1 Å². The number of unbranched alkanes of at least 4 members (excludes halogenated alkanes) is 1. The lowest BCUT2D eigenvalue weighted by Gasteiger charge is -2.30. The first-order valence-corrected chi connectivity index (χ1v) is 15.7. The topological polar surface area (TPSA) is 148 Å². The predicted molar refractivity (Wildman–Crippen MR) is 175 cm³/mol. The Kier molecular flexibility index (Phi) is 9.96. The van der Waals surface area contributed by atoms with Gasteiger partial charge in [-0.15, -0.1) is 0 Å². The normalized spacial score (nSPS) is 15.2. The van der Waals surface area contributed by atoms with Crippen LogP contribution in [0.4, 0.5) is 10.7 Å². The molecular formula is C34H42N8O3. The van der Waals surface area contributed by atoms with Crippen molar-refractivity contribution in [3.63, 3.8) is 0 Å². The molecule has 0 spiro atoms. The smallest absolute Gasteiger partial charge is 0.315 e. The summed E-state index contributed by atoms with van der Waals surface area (Å²) in [5, 5.41) is 8.16. The number of hydrogen-bond acceptors (Lipinski definition) is 5. The van der Waals surface area contributed by atoms with E-state index < -0.39 is 6.04 Å². The largest absolute Gasteiger partial charge is 0.341 e. The van der Waals surface area contributed by atoms with Gasteiger partial charge in [0, 0.05) is 20.0 Å². The Balaban J connectivity index is 1.24. The number of urea groups is 1. The summed E-state index contributed by atoms with van der Waals surface area (Å²) in [4.78, 5) is 54.9. The maximum absolute atomic E-state index is 13.5. The first-order chi connectivity index (χ1) is 21.8. The van der Waals surface area contributed by atoms with Crippen LogP contribution in [0.2, 0.25) is 0 Å². The van der Waals surface area contributed by atoms with Gasteiger partial charge in [-0.05, 0) is 47.4 Å². The third-order valence-corrected chi connectivity index (χ3v) is 8.21. The highest BCUT2D eigenvalue weighted by molar-refractivity contribution is 5.89. The number of aromatic amines is 2. The first-order valence-electron chi connectivity index (χ1n) is 15.7. The summed E-state index contributed by atoms with van der Waals surface area (Å²) in [6, 6.07) is 15.3. The molecule has 1 aliphatic heterocycles.